The Kier molecular flexibility index (Phi) is 5.40. The van der Waals surface area contributed by atoms with Crippen molar-refractivity contribution in [2.45, 2.75) is 11.7 Å². The molecule has 0 aliphatic heterocycles. The van der Waals surface area contributed by atoms with Crippen molar-refractivity contribution < 1.29 is 9.53 Å². The van der Waals surface area contributed by atoms with E-state index in [1.165, 1.54) is 11.8 Å². The number of benzene rings is 2. The standard InChI is InChI=1S/C19H19N3O2S/c1-3-11-22-17-10-5-4-9-16(17)21-19(22)25-13-18(23)20-14-7-6-8-15(12-14)24-2/h3-10,12H,1,11,13H2,2H3,(H,20,23). The molecule has 3 aromatic rings. The first-order valence-corrected chi connectivity index (χ1v) is 8.82. The van der Waals surface area contributed by atoms with Crippen LogP contribution in [0.1, 0.15) is 0 Å². The molecule has 0 saturated carbocycles. The van der Waals surface area contributed by atoms with Crippen molar-refractivity contribution in [3.05, 3.63) is 61.2 Å². The minimum Gasteiger partial charge on any atom is -0.497 e. The SMILES string of the molecule is C=CCn1c(SCC(=O)Nc2cccc(OC)c2)nc2ccccc21. The summed E-state index contributed by atoms with van der Waals surface area (Å²) in [5.74, 6) is 0.895. The predicted molar refractivity (Wildman–Crippen MR) is 102 cm³/mol. The molecule has 0 radical (unpaired) electrons. The van der Waals surface area contributed by atoms with Gasteiger partial charge in [-0.2, -0.15) is 0 Å². The van der Waals surface area contributed by atoms with Gasteiger partial charge in [-0.05, 0) is 24.3 Å². The number of para-hydroxylation sites is 2. The van der Waals surface area contributed by atoms with Crippen LogP contribution >= 0.6 is 11.8 Å². The van der Waals surface area contributed by atoms with E-state index in [0.717, 1.165) is 16.2 Å². The van der Waals surface area contributed by atoms with E-state index in [1.54, 1.807) is 13.2 Å². The zero-order chi connectivity index (χ0) is 17.6. The lowest BCUT2D eigenvalue weighted by Gasteiger charge is -2.08. The maximum Gasteiger partial charge on any atom is 0.234 e. The molecule has 0 unspecified atom stereocenters. The summed E-state index contributed by atoms with van der Waals surface area (Å²) >= 11 is 1.41. The molecule has 0 aliphatic rings. The van der Waals surface area contributed by atoms with Gasteiger partial charge in [0.05, 0.1) is 23.9 Å². The van der Waals surface area contributed by atoms with Gasteiger partial charge in [-0.1, -0.05) is 36.0 Å². The molecule has 1 aromatic heterocycles. The Morgan fingerprint density at radius 1 is 1.32 bits per heavy atom. The van der Waals surface area contributed by atoms with Crippen molar-refractivity contribution in [1.82, 2.24) is 9.55 Å². The van der Waals surface area contributed by atoms with Gasteiger partial charge in [0.1, 0.15) is 5.75 Å². The molecule has 6 heteroatoms. The van der Waals surface area contributed by atoms with Crippen LogP contribution in [0.3, 0.4) is 0 Å². The third kappa shape index (κ3) is 4.03. The molecule has 1 heterocycles. The molecule has 1 amide bonds. The van der Waals surface area contributed by atoms with Crippen molar-refractivity contribution in [2.24, 2.45) is 0 Å². The lowest BCUT2D eigenvalue weighted by atomic mass is 10.3. The third-order valence-electron chi connectivity index (χ3n) is 3.62. The van der Waals surface area contributed by atoms with Gasteiger partial charge in [-0.15, -0.1) is 6.58 Å². The number of nitrogens with zero attached hydrogens (tertiary/aromatic N) is 2. The van der Waals surface area contributed by atoms with Crippen LogP contribution in [0.25, 0.3) is 11.0 Å². The van der Waals surface area contributed by atoms with Gasteiger partial charge in [0.2, 0.25) is 5.91 Å². The third-order valence-corrected chi connectivity index (χ3v) is 4.59. The molecule has 0 atom stereocenters. The van der Waals surface area contributed by atoms with Gasteiger partial charge in [-0.25, -0.2) is 4.98 Å². The molecule has 5 nitrogen and oxygen atoms in total. The van der Waals surface area contributed by atoms with E-state index in [4.69, 9.17) is 4.74 Å². The van der Waals surface area contributed by atoms with Crippen molar-refractivity contribution in [2.75, 3.05) is 18.2 Å². The van der Waals surface area contributed by atoms with Gasteiger partial charge in [0, 0.05) is 18.3 Å². The first-order valence-electron chi connectivity index (χ1n) is 7.84. The maximum atomic E-state index is 12.2. The average molecular weight is 353 g/mol. The van der Waals surface area contributed by atoms with Crippen molar-refractivity contribution in [3.63, 3.8) is 0 Å². The largest absolute Gasteiger partial charge is 0.497 e. The smallest absolute Gasteiger partial charge is 0.234 e. The summed E-state index contributed by atoms with van der Waals surface area (Å²) in [5.41, 5.74) is 2.67. The first-order chi connectivity index (χ1) is 12.2. The Labute approximate surface area is 150 Å². The van der Waals surface area contributed by atoms with Gasteiger partial charge in [-0.3, -0.25) is 4.79 Å². The highest BCUT2D eigenvalue weighted by Crippen LogP contribution is 2.24. The number of aromatic nitrogens is 2. The number of methoxy groups -OCH3 is 1. The number of allylic oxidation sites excluding steroid dienone is 1. The number of fused-ring (bicyclic) bond motifs is 1. The Bertz CT molecular complexity index is 905. The van der Waals surface area contributed by atoms with Gasteiger partial charge in [0.15, 0.2) is 5.16 Å². The molecular weight excluding hydrogens is 334 g/mol. The summed E-state index contributed by atoms with van der Waals surface area (Å²) in [5, 5.41) is 3.68. The monoisotopic (exact) mass is 353 g/mol. The topological polar surface area (TPSA) is 56.2 Å². The highest BCUT2D eigenvalue weighted by molar-refractivity contribution is 7.99. The van der Waals surface area contributed by atoms with Crippen molar-refractivity contribution >= 4 is 34.4 Å². The normalized spacial score (nSPS) is 10.6. The van der Waals surface area contributed by atoms with Crippen LogP contribution < -0.4 is 10.1 Å². The fraction of sp³-hybridized carbons (Fsp3) is 0.158. The van der Waals surface area contributed by atoms with Crippen LogP contribution in [0, 0.1) is 0 Å². The number of carbonyl (C=O) groups is 1. The summed E-state index contributed by atoms with van der Waals surface area (Å²) in [6.07, 6.45) is 1.83. The maximum absolute atomic E-state index is 12.2. The zero-order valence-electron chi connectivity index (χ0n) is 13.9. The number of hydrogen-bond donors (Lipinski definition) is 1. The Hall–Kier alpha value is -2.73. The minimum absolute atomic E-state index is 0.0875. The molecule has 1 N–H and O–H groups in total. The highest BCUT2D eigenvalue weighted by atomic mass is 32.2. The number of thioether (sulfide) groups is 1. The van der Waals surface area contributed by atoms with E-state index in [2.05, 4.69) is 21.4 Å². The summed E-state index contributed by atoms with van der Waals surface area (Å²) in [4.78, 5) is 16.9. The number of ether oxygens (including phenoxy) is 1. The van der Waals surface area contributed by atoms with Gasteiger partial charge < -0.3 is 14.6 Å². The number of anilines is 1. The number of nitrogens with one attached hydrogen (secondary N) is 1. The van der Waals surface area contributed by atoms with Crippen LogP contribution in [-0.4, -0.2) is 28.3 Å². The van der Waals surface area contributed by atoms with E-state index >= 15 is 0 Å². The van der Waals surface area contributed by atoms with E-state index < -0.39 is 0 Å². The Morgan fingerprint density at radius 2 is 2.16 bits per heavy atom. The van der Waals surface area contributed by atoms with E-state index in [1.807, 2.05) is 48.5 Å². The summed E-state index contributed by atoms with van der Waals surface area (Å²) in [6, 6.07) is 15.2. The number of rotatable bonds is 7. The molecule has 25 heavy (non-hydrogen) atoms. The van der Waals surface area contributed by atoms with Crippen LogP contribution in [0.15, 0.2) is 66.3 Å². The highest BCUT2D eigenvalue weighted by Gasteiger charge is 2.12. The molecular formula is C19H19N3O2S. The molecule has 0 saturated heterocycles. The van der Waals surface area contributed by atoms with E-state index in [0.29, 0.717) is 18.0 Å². The lowest BCUT2D eigenvalue weighted by Crippen LogP contribution is -2.14. The van der Waals surface area contributed by atoms with E-state index in [9.17, 15) is 4.79 Å². The van der Waals surface area contributed by atoms with Crippen molar-refractivity contribution in [1.29, 1.82) is 0 Å². The average Bonchev–Trinajstić information content (AvgIpc) is 2.98. The second-order valence-electron chi connectivity index (χ2n) is 5.35. The predicted octanol–water partition coefficient (Wildman–Crippen LogP) is 3.96. The second-order valence-corrected chi connectivity index (χ2v) is 6.29. The van der Waals surface area contributed by atoms with Gasteiger partial charge >= 0.3 is 0 Å². The molecule has 0 bridgehead atoms. The molecule has 0 aliphatic carbocycles. The molecule has 3 rings (SSSR count). The molecule has 2 aromatic carbocycles. The first kappa shape index (κ1) is 17.1. The van der Waals surface area contributed by atoms with Crippen molar-refractivity contribution in [3.8, 4) is 5.75 Å². The van der Waals surface area contributed by atoms with Crippen LogP contribution in [0.2, 0.25) is 0 Å². The summed E-state index contributed by atoms with van der Waals surface area (Å²) < 4.78 is 7.22. The second kappa shape index (κ2) is 7.90. The molecule has 128 valence electrons. The lowest BCUT2D eigenvalue weighted by molar-refractivity contribution is -0.113. The Balaban J connectivity index is 1.70. The fourth-order valence-corrected chi connectivity index (χ4v) is 3.32. The molecule has 0 fully saturated rings. The van der Waals surface area contributed by atoms with Gasteiger partial charge in [0.25, 0.3) is 0 Å². The van der Waals surface area contributed by atoms with Crippen LogP contribution in [-0.2, 0) is 11.3 Å². The zero-order valence-corrected chi connectivity index (χ0v) is 14.8. The Morgan fingerprint density at radius 3 is 2.96 bits per heavy atom. The summed E-state index contributed by atoms with van der Waals surface area (Å²) in [7, 11) is 1.60. The fourth-order valence-electron chi connectivity index (χ4n) is 2.50. The summed E-state index contributed by atoms with van der Waals surface area (Å²) in [6.45, 7) is 4.45. The number of imidazole rings is 1. The quantitative estimate of drug-likeness (QED) is 0.516. The number of amides is 1. The number of hydrogen-bond acceptors (Lipinski definition) is 4. The van der Waals surface area contributed by atoms with E-state index in [-0.39, 0.29) is 11.7 Å². The van der Waals surface area contributed by atoms with Crippen LogP contribution in [0.5, 0.6) is 5.75 Å². The number of carbonyl (C=O) groups excluding carboxylic acids is 1. The molecule has 0 spiro atoms. The van der Waals surface area contributed by atoms with Crippen LogP contribution in [0.4, 0.5) is 5.69 Å². The minimum atomic E-state index is -0.0875.